The van der Waals surface area contributed by atoms with Crippen LogP contribution in [-0.4, -0.2) is 45.8 Å². The molecule has 1 aromatic rings. The van der Waals surface area contributed by atoms with E-state index >= 15 is 0 Å². The lowest BCUT2D eigenvalue weighted by atomic mass is 9.95. The molecule has 0 aromatic carbocycles. The van der Waals surface area contributed by atoms with Crippen LogP contribution in [0.2, 0.25) is 0 Å². The van der Waals surface area contributed by atoms with Gasteiger partial charge in [-0.25, -0.2) is 4.98 Å². The highest BCUT2D eigenvalue weighted by Gasteiger charge is 2.24. The van der Waals surface area contributed by atoms with Crippen molar-refractivity contribution < 1.29 is 14.6 Å². The second kappa shape index (κ2) is 11.1. The number of hydrogen-bond donors (Lipinski definition) is 3. The lowest BCUT2D eigenvalue weighted by Crippen LogP contribution is -2.37. The molecule has 2 saturated carbocycles. The SMILES string of the molecule is CCOc1nc(NC2CC2)ncc1C(=O)N[C@@H]1[CH]CCC[C@H](O)CC1.[CH2].[CH2]. The molecule has 3 N–H and O–H groups in total. The van der Waals surface area contributed by atoms with Gasteiger partial charge in [-0.3, -0.25) is 4.79 Å². The van der Waals surface area contributed by atoms with Crippen molar-refractivity contribution in [2.24, 2.45) is 0 Å². The quantitative estimate of drug-likeness (QED) is 0.707. The van der Waals surface area contributed by atoms with E-state index in [2.05, 4.69) is 27.0 Å². The molecule has 1 aromatic heterocycles. The molecule has 2 fully saturated rings. The van der Waals surface area contributed by atoms with E-state index in [0.29, 0.717) is 36.5 Å². The van der Waals surface area contributed by atoms with Crippen LogP contribution >= 0.6 is 0 Å². The minimum absolute atomic E-state index is 0. The summed E-state index contributed by atoms with van der Waals surface area (Å²) in [5, 5.41) is 16.1. The molecular weight excluding hydrogens is 344 g/mol. The predicted molar refractivity (Wildman–Crippen MR) is 105 cm³/mol. The van der Waals surface area contributed by atoms with Gasteiger partial charge in [0.2, 0.25) is 11.8 Å². The fourth-order valence-corrected chi connectivity index (χ4v) is 2.93. The summed E-state index contributed by atoms with van der Waals surface area (Å²) in [4.78, 5) is 21.3. The summed E-state index contributed by atoms with van der Waals surface area (Å²) < 4.78 is 5.55. The maximum atomic E-state index is 12.7. The van der Waals surface area contributed by atoms with E-state index in [0.717, 1.165) is 38.5 Å². The van der Waals surface area contributed by atoms with E-state index in [1.54, 1.807) is 0 Å². The maximum Gasteiger partial charge on any atom is 0.258 e. The molecule has 1 heterocycles. The molecule has 0 bridgehead atoms. The van der Waals surface area contributed by atoms with Gasteiger partial charge in [0.05, 0.1) is 12.7 Å². The summed E-state index contributed by atoms with van der Waals surface area (Å²) in [6, 6.07) is 0.381. The van der Waals surface area contributed by atoms with Crippen molar-refractivity contribution >= 4 is 11.9 Å². The van der Waals surface area contributed by atoms with Gasteiger partial charge in [0, 0.05) is 18.3 Å². The third-order valence-electron chi connectivity index (χ3n) is 4.51. The molecule has 7 nitrogen and oxygen atoms in total. The van der Waals surface area contributed by atoms with E-state index in [-0.39, 0.29) is 32.9 Å². The zero-order valence-electron chi connectivity index (χ0n) is 16.1. The number of aromatic nitrogens is 2. The van der Waals surface area contributed by atoms with Gasteiger partial charge in [-0.15, -0.1) is 0 Å². The van der Waals surface area contributed by atoms with Crippen LogP contribution in [0.15, 0.2) is 6.20 Å². The molecule has 27 heavy (non-hydrogen) atoms. The molecule has 0 spiro atoms. The zero-order chi connectivity index (χ0) is 17.6. The largest absolute Gasteiger partial charge is 0.477 e. The predicted octanol–water partition coefficient (Wildman–Crippen LogP) is 2.73. The van der Waals surface area contributed by atoms with Gasteiger partial charge in [0.25, 0.3) is 5.91 Å². The smallest absolute Gasteiger partial charge is 0.258 e. The van der Waals surface area contributed by atoms with Gasteiger partial charge in [0.1, 0.15) is 5.56 Å². The normalized spacial score (nSPS) is 22.3. The van der Waals surface area contributed by atoms with E-state index in [1.807, 2.05) is 6.92 Å². The Bertz CT molecular complexity index is 593. The Morgan fingerprint density at radius 3 is 2.74 bits per heavy atom. The maximum absolute atomic E-state index is 12.7. The molecular formula is C20H31N4O3. The van der Waals surface area contributed by atoms with E-state index < -0.39 is 0 Å². The molecule has 1 amide bonds. The van der Waals surface area contributed by atoms with Gasteiger partial charge in [0.15, 0.2) is 0 Å². The van der Waals surface area contributed by atoms with E-state index in [9.17, 15) is 9.90 Å². The van der Waals surface area contributed by atoms with Crippen LogP contribution in [0.25, 0.3) is 0 Å². The van der Waals surface area contributed by atoms with Gasteiger partial charge < -0.3 is 20.5 Å². The van der Waals surface area contributed by atoms with Crippen LogP contribution in [-0.2, 0) is 0 Å². The summed E-state index contributed by atoms with van der Waals surface area (Å²) in [7, 11) is 0. The summed E-state index contributed by atoms with van der Waals surface area (Å²) in [6.45, 7) is 2.30. The molecule has 2 aliphatic carbocycles. The lowest BCUT2D eigenvalue weighted by Gasteiger charge is -2.23. The number of ether oxygens (including phenoxy) is 1. The number of hydrogen-bond acceptors (Lipinski definition) is 6. The number of nitrogens with zero attached hydrogens (tertiary/aromatic N) is 2. The fourth-order valence-electron chi connectivity index (χ4n) is 2.93. The third-order valence-corrected chi connectivity index (χ3v) is 4.51. The van der Waals surface area contributed by atoms with Crippen LogP contribution in [0.1, 0.15) is 62.2 Å². The number of aliphatic hydroxyl groups excluding tert-OH is 1. The molecule has 5 radical (unpaired) electrons. The number of rotatable bonds is 6. The molecule has 2 aliphatic rings. The Morgan fingerprint density at radius 1 is 1.26 bits per heavy atom. The van der Waals surface area contributed by atoms with Crippen LogP contribution in [0, 0.1) is 21.3 Å². The Hall–Kier alpha value is -1.89. The first kappa shape index (κ1) is 23.1. The summed E-state index contributed by atoms with van der Waals surface area (Å²) >= 11 is 0. The van der Waals surface area contributed by atoms with Crippen molar-refractivity contribution in [3.63, 3.8) is 0 Å². The summed E-state index contributed by atoms with van der Waals surface area (Å²) in [5.41, 5.74) is 0.346. The van der Waals surface area contributed by atoms with Gasteiger partial charge in [-0.2, -0.15) is 4.98 Å². The van der Waals surface area contributed by atoms with Crippen molar-refractivity contribution in [2.75, 3.05) is 11.9 Å². The Labute approximate surface area is 163 Å². The Balaban J connectivity index is 0.00000182. The van der Waals surface area contributed by atoms with Crippen LogP contribution in [0.3, 0.4) is 0 Å². The van der Waals surface area contributed by atoms with Gasteiger partial charge >= 0.3 is 0 Å². The summed E-state index contributed by atoms with van der Waals surface area (Å²) in [5.74, 6) is 0.574. The van der Waals surface area contributed by atoms with Crippen LogP contribution < -0.4 is 15.4 Å². The molecule has 0 saturated heterocycles. The van der Waals surface area contributed by atoms with Crippen LogP contribution in [0.5, 0.6) is 5.88 Å². The van der Waals surface area contributed by atoms with Crippen molar-refractivity contribution in [3.05, 3.63) is 33.0 Å². The highest BCUT2D eigenvalue weighted by Crippen LogP contribution is 2.25. The van der Waals surface area contributed by atoms with E-state index in [4.69, 9.17) is 4.74 Å². The molecule has 0 aliphatic heterocycles. The molecule has 0 unspecified atom stereocenters. The molecule has 7 heteroatoms. The van der Waals surface area contributed by atoms with Gasteiger partial charge in [-0.05, 0) is 51.9 Å². The number of aliphatic hydroxyl groups is 1. The highest BCUT2D eigenvalue weighted by atomic mass is 16.5. The minimum Gasteiger partial charge on any atom is -0.477 e. The van der Waals surface area contributed by atoms with Gasteiger partial charge in [-0.1, -0.05) is 21.3 Å². The topological polar surface area (TPSA) is 96.4 Å². The first-order valence-electron chi connectivity index (χ1n) is 9.24. The van der Waals surface area contributed by atoms with E-state index in [1.165, 1.54) is 6.20 Å². The highest BCUT2D eigenvalue weighted by molar-refractivity contribution is 5.96. The average Bonchev–Trinajstić information content (AvgIpc) is 3.38. The number of nitrogens with one attached hydrogen (secondary N) is 2. The number of amides is 1. The lowest BCUT2D eigenvalue weighted by molar-refractivity contribution is 0.0920. The third kappa shape index (κ3) is 6.97. The second-order valence-corrected chi connectivity index (χ2v) is 6.74. The number of anilines is 1. The fraction of sp³-hybridized carbons (Fsp3) is 0.600. The number of carbonyl (C=O) groups excluding carboxylic acids is 1. The first-order valence-corrected chi connectivity index (χ1v) is 9.24. The van der Waals surface area contributed by atoms with Crippen LogP contribution in [0.4, 0.5) is 5.95 Å². The minimum atomic E-state index is -0.275. The molecule has 2 atom stereocenters. The summed E-state index contributed by atoms with van der Waals surface area (Å²) in [6.07, 6.45) is 9.71. The second-order valence-electron chi connectivity index (χ2n) is 6.74. The number of carbonyl (C=O) groups is 1. The van der Waals surface area contributed by atoms with Crippen molar-refractivity contribution in [3.8, 4) is 5.88 Å². The van der Waals surface area contributed by atoms with Crippen molar-refractivity contribution in [1.82, 2.24) is 15.3 Å². The molecule has 3 rings (SSSR count). The monoisotopic (exact) mass is 375 g/mol. The standard InChI is InChI=1S/C18H27N4O3.2CH2/c1-2-25-17-15(11-19-18(22-17)21-13-7-8-13)16(24)20-12-5-3-4-6-14(23)10-9-12;;/h5,11-14,23H,2-4,6-10H2,1H3,(H,20,24)(H,19,21,22);2*1H2/t12-,14+;;/m1../s1. The Morgan fingerprint density at radius 2 is 2.04 bits per heavy atom. The van der Waals surface area contributed by atoms with Crippen molar-refractivity contribution in [2.45, 2.75) is 70.1 Å². The zero-order valence-corrected chi connectivity index (χ0v) is 16.1. The Kier molecular flexibility index (Phi) is 9.49. The average molecular weight is 375 g/mol. The van der Waals surface area contributed by atoms with Crippen molar-refractivity contribution in [1.29, 1.82) is 0 Å². The molecule has 149 valence electrons. The first-order chi connectivity index (χ1) is 12.2.